The molecule has 0 saturated carbocycles. The summed E-state index contributed by atoms with van der Waals surface area (Å²) in [5.74, 6) is 0.410. The van der Waals surface area contributed by atoms with Gasteiger partial charge in [0.05, 0.1) is 25.1 Å². The molecule has 2 aromatic rings. The van der Waals surface area contributed by atoms with Crippen LogP contribution in [0.25, 0.3) is 0 Å². The topological polar surface area (TPSA) is 75.7 Å². The van der Waals surface area contributed by atoms with Crippen molar-refractivity contribution in [1.82, 2.24) is 5.32 Å². The smallest absolute Gasteiger partial charge is 0.251 e. The maximum atomic E-state index is 12.6. The molecule has 140 valence electrons. The number of anilines is 1. The van der Waals surface area contributed by atoms with Crippen LogP contribution in [0.5, 0.6) is 5.75 Å². The molecule has 0 aliphatic heterocycles. The van der Waals surface area contributed by atoms with Gasteiger partial charge in [-0.15, -0.1) is 0 Å². The minimum Gasteiger partial charge on any atom is -0.496 e. The number of carbonyl (C=O) groups is 1. The fourth-order valence-corrected chi connectivity index (χ4v) is 3.20. The molecule has 1 N–H and O–H groups in total. The Morgan fingerprint density at radius 2 is 1.85 bits per heavy atom. The van der Waals surface area contributed by atoms with Crippen LogP contribution < -0.4 is 14.4 Å². The summed E-state index contributed by atoms with van der Waals surface area (Å²) in [6.45, 7) is 3.67. The van der Waals surface area contributed by atoms with Crippen molar-refractivity contribution in [3.8, 4) is 5.75 Å². The number of para-hydroxylation sites is 1. The zero-order chi connectivity index (χ0) is 19.5. The van der Waals surface area contributed by atoms with Gasteiger partial charge in [0.1, 0.15) is 5.75 Å². The lowest BCUT2D eigenvalue weighted by atomic mass is 10.1. The SMILES string of the molecule is COc1ccccc1[C@H](C)NC(=O)c1ccc(C)c(N(C)S(C)(=O)=O)c1. The first-order valence-corrected chi connectivity index (χ1v) is 9.98. The Morgan fingerprint density at radius 1 is 1.19 bits per heavy atom. The molecule has 0 unspecified atom stereocenters. The van der Waals surface area contributed by atoms with Crippen LogP contribution >= 0.6 is 0 Å². The molecule has 0 saturated heterocycles. The number of nitrogens with zero attached hydrogens (tertiary/aromatic N) is 1. The average Bonchev–Trinajstić information content (AvgIpc) is 2.60. The summed E-state index contributed by atoms with van der Waals surface area (Å²) in [4.78, 5) is 12.6. The van der Waals surface area contributed by atoms with E-state index in [4.69, 9.17) is 4.74 Å². The number of hydrogen-bond donors (Lipinski definition) is 1. The van der Waals surface area contributed by atoms with E-state index in [0.29, 0.717) is 17.0 Å². The molecule has 0 heterocycles. The van der Waals surface area contributed by atoms with Crippen molar-refractivity contribution in [2.45, 2.75) is 19.9 Å². The fourth-order valence-electron chi connectivity index (χ4n) is 2.65. The van der Waals surface area contributed by atoms with Crippen molar-refractivity contribution in [1.29, 1.82) is 0 Å². The van der Waals surface area contributed by atoms with Gasteiger partial charge >= 0.3 is 0 Å². The van der Waals surface area contributed by atoms with Gasteiger partial charge < -0.3 is 10.1 Å². The molecule has 0 aliphatic carbocycles. The highest BCUT2D eigenvalue weighted by molar-refractivity contribution is 7.92. The summed E-state index contributed by atoms with van der Waals surface area (Å²) < 4.78 is 30.1. The van der Waals surface area contributed by atoms with Crippen molar-refractivity contribution in [2.24, 2.45) is 0 Å². The minimum atomic E-state index is -3.41. The molecular weight excluding hydrogens is 352 g/mol. The average molecular weight is 376 g/mol. The zero-order valence-corrected chi connectivity index (χ0v) is 16.4. The molecule has 1 atom stereocenters. The lowest BCUT2D eigenvalue weighted by Crippen LogP contribution is -2.28. The number of carbonyl (C=O) groups excluding carboxylic acids is 1. The molecule has 0 aliphatic rings. The van der Waals surface area contributed by atoms with Crippen LogP contribution in [0.4, 0.5) is 5.69 Å². The standard InChI is InChI=1S/C19H24N2O4S/c1-13-10-11-15(12-17(13)21(3)26(5,23)24)19(22)20-14(2)16-8-6-7-9-18(16)25-4/h6-12,14H,1-5H3,(H,20,22)/t14-/m0/s1. The number of benzene rings is 2. The van der Waals surface area contributed by atoms with Crippen LogP contribution in [0.3, 0.4) is 0 Å². The second kappa shape index (κ2) is 7.78. The number of rotatable bonds is 6. The van der Waals surface area contributed by atoms with E-state index in [1.165, 1.54) is 11.4 Å². The van der Waals surface area contributed by atoms with Gasteiger partial charge in [-0.2, -0.15) is 0 Å². The molecule has 0 radical (unpaired) electrons. The second-order valence-corrected chi connectivity index (χ2v) is 8.18. The highest BCUT2D eigenvalue weighted by atomic mass is 32.2. The van der Waals surface area contributed by atoms with Gasteiger partial charge in [-0.25, -0.2) is 8.42 Å². The Labute approximate surface area is 154 Å². The third-order valence-electron chi connectivity index (χ3n) is 4.26. The highest BCUT2D eigenvalue weighted by Crippen LogP contribution is 2.26. The minimum absolute atomic E-state index is 0.268. The van der Waals surface area contributed by atoms with E-state index in [2.05, 4.69) is 5.32 Å². The van der Waals surface area contributed by atoms with Gasteiger partial charge in [0.15, 0.2) is 0 Å². The second-order valence-electron chi connectivity index (χ2n) is 6.17. The number of hydrogen-bond acceptors (Lipinski definition) is 4. The number of sulfonamides is 1. The van der Waals surface area contributed by atoms with Gasteiger partial charge in [-0.1, -0.05) is 24.3 Å². The molecule has 0 fully saturated rings. The normalized spacial score (nSPS) is 12.3. The number of ether oxygens (including phenoxy) is 1. The molecule has 0 aromatic heterocycles. The van der Waals surface area contributed by atoms with Gasteiger partial charge in [0.2, 0.25) is 10.0 Å². The molecule has 0 bridgehead atoms. The molecular formula is C19H24N2O4S. The molecule has 7 heteroatoms. The predicted octanol–water partition coefficient (Wildman–Crippen LogP) is 2.89. The quantitative estimate of drug-likeness (QED) is 0.841. The Morgan fingerprint density at radius 3 is 2.46 bits per heavy atom. The molecule has 1 amide bonds. The summed E-state index contributed by atoms with van der Waals surface area (Å²) in [6.07, 6.45) is 1.13. The van der Waals surface area contributed by atoms with E-state index in [-0.39, 0.29) is 11.9 Å². The lowest BCUT2D eigenvalue weighted by Gasteiger charge is -2.21. The fraction of sp³-hybridized carbons (Fsp3) is 0.316. The Hall–Kier alpha value is -2.54. The van der Waals surface area contributed by atoms with Crippen molar-refractivity contribution in [2.75, 3.05) is 24.7 Å². The van der Waals surface area contributed by atoms with Crippen LogP contribution in [0.15, 0.2) is 42.5 Å². The van der Waals surface area contributed by atoms with Crippen molar-refractivity contribution >= 4 is 21.6 Å². The van der Waals surface area contributed by atoms with Crippen LogP contribution in [0.2, 0.25) is 0 Å². The van der Waals surface area contributed by atoms with E-state index in [1.807, 2.05) is 31.2 Å². The largest absolute Gasteiger partial charge is 0.496 e. The van der Waals surface area contributed by atoms with Crippen LogP contribution in [-0.2, 0) is 10.0 Å². The summed E-state index contributed by atoms with van der Waals surface area (Å²) in [5.41, 5.74) is 2.50. The number of nitrogens with one attached hydrogen (secondary N) is 1. The maximum Gasteiger partial charge on any atom is 0.251 e. The van der Waals surface area contributed by atoms with E-state index in [1.54, 1.807) is 32.2 Å². The maximum absolute atomic E-state index is 12.6. The summed E-state index contributed by atoms with van der Waals surface area (Å²) in [6, 6.07) is 12.2. The third-order valence-corrected chi connectivity index (χ3v) is 5.45. The van der Waals surface area contributed by atoms with E-state index < -0.39 is 10.0 Å². The first kappa shape index (κ1) is 19.8. The zero-order valence-electron chi connectivity index (χ0n) is 15.6. The first-order chi connectivity index (χ1) is 12.1. The van der Waals surface area contributed by atoms with Gasteiger partial charge in [-0.3, -0.25) is 9.10 Å². The molecule has 2 aromatic carbocycles. The number of amides is 1. The van der Waals surface area contributed by atoms with E-state index in [9.17, 15) is 13.2 Å². The first-order valence-electron chi connectivity index (χ1n) is 8.13. The van der Waals surface area contributed by atoms with E-state index >= 15 is 0 Å². The van der Waals surface area contributed by atoms with Gasteiger partial charge in [0, 0.05) is 18.2 Å². The lowest BCUT2D eigenvalue weighted by molar-refractivity contribution is 0.0939. The van der Waals surface area contributed by atoms with Crippen molar-refractivity contribution in [3.63, 3.8) is 0 Å². The molecule has 0 spiro atoms. The Balaban J connectivity index is 2.27. The predicted molar refractivity (Wildman–Crippen MR) is 103 cm³/mol. The summed E-state index contributed by atoms with van der Waals surface area (Å²) >= 11 is 0. The van der Waals surface area contributed by atoms with Crippen molar-refractivity contribution < 1.29 is 17.9 Å². The number of methoxy groups -OCH3 is 1. The monoisotopic (exact) mass is 376 g/mol. The van der Waals surface area contributed by atoms with E-state index in [0.717, 1.165) is 17.4 Å². The Bertz CT molecular complexity index is 910. The Kier molecular flexibility index (Phi) is 5.92. The third kappa shape index (κ3) is 4.35. The van der Waals surface area contributed by atoms with Crippen LogP contribution in [0.1, 0.15) is 34.5 Å². The molecule has 26 heavy (non-hydrogen) atoms. The summed E-state index contributed by atoms with van der Waals surface area (Å²) in [5, 5.41) is 2.92. The van der Waals surface area contributed by atoms with Crippen LogP contribution in [0, 0.1) is 6.92 Å². The van der Waals surface area contributed by atoms with Crippen LogP contribution in [-0.4, -0.2) is 34.7 Å². The van der Waals surface area contributed by atoms with Crippen molar-refractivity contribution in [3.05, 3.63) is 59.2 Å². The highest BCUT2D eigenvalue weighted by Gasteiger charge is 2.18. The number of aryl methyl sites for hydroxylation is 1. The summed E-state index contributed by atoms with van der Waals surface area (Å²) in [7, 11) is -0.358. The van der Waals surface area contributed by atoms with Gasteiger partial charge in [-0.05, 0) is 37.6 Å². The molecule has 6 nitrogen and oxygen atoms in total. The molecule has 2 rings (SSSR count). The van der Waals surface area contributed by atoms with Gasteiger partial charge in [0.25, 0.3) is 5.91 Å².